The lowest BCUT2D eigenvalue weighted by molar-refractivity contribution is 0.414. The average molecular weight is 290 g/mol. The first kappa shape index (κ1) is 13.1. The van der Waals surface area contributed by atoms with Crippen LogP contribution in [-0.2, 0) is 12.8 Å². The number of H-pyrrole nitrogens is 1. The van der Waals surface area contributed by atoms with E-state index in [9.17, 15) is 0 Å². The van der Waals surface area contributed by atoms with Crippen molar-refractivity contribution < 1.29 is 4.74 Å². The number of fused-ring (bicyclic) bond motifs is 3. The molecule has 110 valence electrons. The second-order valence-electron chi connectivity index (χ2n) is 5.63. The van der Waals surface area contributed by atoms with Crippen LogP contribution in [-0.4, -0.2) is 24.4 Å². The van der Waals surface area contributed by atoms with Crippen molar-refractivity contribution in [1.82, 2.24) is 4.98 Å². The van der Waals surface area contributed by atoms with E-state index in [1.807, 2.05) is 12.1 Å². The summed E-state index contributed by atoms with van der Waals surface area (Å²) in [4.78, 5) is 8.31. The van der Waals surface area contributed by atoms with E-state index in [0.29, 0.717) is 0 Å². The molecule has 2 heterocycles. The lowest BCUT2D eigenvalue weighted by Crippen LogP contribution is -2.14. The highest BCUT2D eigenvalue weighted by atomic mass is 16.5. The van der Waals surface area contributed by atoms with Gasteiger partial charge in [-0.1, -0.05) is 30.3 Å². The highest BCUT2D eigenvalue weighted by Gasteiger charge is 2.19. The number of hydrogen-bond donors (Lipinski definition) is 1. The van der Waals surface area contributed by atoms with Crippen molar-refractivity contribution >= 4 is 16.6 Å². The SMILES string of the molecule is COc1ccc(CC2=NCCc3c2[nH]c2ccccc32)cc1. The Hall–Kier alpha value is -2.55. The molecular formula is C19H18N2O. The summed E-state index contributed by atoms with van der Waals surface area (Å²) in [7, 11) is 1.69. The molecule has 0 saturated heterocycles. The quantitative estimate of drug-likeness (QED) is 0.783. The van der Waals surface area contributed by atoms with Gasteiger partial charge in [-0.05, 0) is 35.7 Å². The Morgan fingerprint density at radius 2 is 1.91 bits per heavy atom. The fourth-order valence-electron chi connectivity index (χ4n) is 3.17. The minimum atomic E-state index is 0.851. The summed E-state index contributed by atoms with van der Waals surface area (Å²) in [6, 6.07) is 16.7. The van der Waals surface area contributed by atoms with Crippen molar-refractivity contribution in [2.75, 3.05) is 13.7 Å². The van der Waals surface area contributed by atoms with Crippen LogP contribution < -0.4 is 4.74 Å². The third kappa shape index (κ3) is 2.19. The number of benzene rings is 2. The molecule has 0 saturated carbocycles. The molecule has 3 aromatic rings. The summed E-state index contributed by atoms with van der Waals surface area (Å²) >= 11 is 0. The van der Waals surface area contributed by atoms with Gasteiger partial charge in [0.2, 0.25) is 0 Å². The molecule has 22 heavy (non-hydrogen) atoms. The molecule has 0 bridgehead atoms. The van der Waals surface area contributed by atoms with Gasteiger partial charge in [0.15, 0.2) is 0 Å². The first-order chi connectivity index (χ1) is 10.8. The van der Waals surface area contributed by atoms with E-state index in [0.717, 1.165) is 30.8 Å². The summed E-state index contributed by atoms with van der Waals surface area (Å²) in [5.41, 5.74) is 6.24. The molecule has 0 amide bonds. The smallest absolute Gasteiger partial charge is 0.118 e. The Balaban J connectivity index is 1.70. The van der Waals surface area contributed by atoms with Crippen LogP contribution in [0, 0.1) is 0 Å². The summed E-state index contributed by atoms with van der Waals surface area (Å²) in [6.45, 7) is 0.875. The summed E-state index contributed by atoms with van der Waals surface area (Å²) in [5.74, 6) is 0.889. The van der Waals surface area contributed by atoms with Gasteiger partial charge in [-0.3, -0.25) is 4.99 Å². The van der Waals surface area contributed by atoms with Gasteiger partial charge in [-0.15, -0.1) is 0 Å². The molecule has 0 fully saturated rings. The number of ether oxygens (including phenoxy) is 1. The van der Waals surface area contributed by atoms with Crippen LogP contribution >= 0.6 is 0 Å². The van der Waals surface area contributed by atoms with Crippen molar-refractivity contribution in [1.29, 1.82) is 0 Å². The highest BCUT2D eigenvalue weighted by molar-refractivity contribution is 6.07. The maximum absolute atomic E-state index is 5.22. The zero-order valence-corrected chi connectivity index (χ0v) is 12.6. The van der Waals surface area contributed by atoms with Crippen LogP contribution in [0.3, 0.4) is 0 Å². The number of para-hydroxylation sites is 1. The molecule has 3 nitrogen and oxygen atoms in total. The van der Waals surface area contributed by atoms with E-state index in [1.165, 1.54) is 27.7 Å². The molecule has 1 aliphatic rings. The van der Waals surface area contributed by atoms with E-state index in [2.05, 4.69) is 41.4 Å². The fourth-order valence-corrected chi connectivity index (χ4v) is 3.17. The Morgan fingerprint density at radius 3 is 2.73 bits per heavy atom. The van der Waals surface area contributed by atoms with E-state index in [1.54, 1.807) is 7.11 Å². The van der Waals surface area contributed by atoms with Gasteiger partial charge < -0.3 is 9.72 Å². The molecule has 1 aromatic heterocycles. The van der Waals surface area contributed by atoms with Crippen molar-refractivity contribution in [3.63, 3.8) is 0 Å². The largest absolute Gasteiger partial charge is 0.497 e. The third-order valence-electron chi connectivity index (χ3n) is 4.30. The van der Waals surface area contributed by atoms with Gasteiger partial charge in [0.05, 0.1) is 18.5 Å². The van der Waals surface area contributed by atoms with Crippen molar-refractivity contribution in [2.24, 2.45) is 4.99 Å². The summed E-state index contributed by atoms with van der Waals surface area (Å²) in [5, 5.41) is 1.33. The van der Waals surface area contributed by atoms with Gasteiger partial charge in [0.25, 0.3) is 0 Å². The van der Waals surface area contributed by atoms with Crippen LogP contribution in [0.4, 0.5) is 0 Å². The maximum atomic E-state index is 5.22. The van der Waals surface area contributed by atoms with Crippen LogP contribution in [0.15, 0.2) is 53.5 Å². The van der Waals surface area contributed by atoms with Gasteiger partial charge in [0, 0.05) is 23.9 Å². The Kier molecular flexibility index (Phi) is 3.19. The van der Waals surface area contributed by atoms with Gasteiger partial charge in [-0.25, -0.2) is 0 Å². The van der Waals surface area contributed by atoms with Gasteiger partial charge >= 0.3 is 0 Å². The maximum Gasteiger partial charge on any atom is 0.118 e. The highest BCUT2D eigenvalue weighted by Crippen LogP contribution is 2.27. The molecule has 0 atom stereocenters. The lowest BCUT2D eigenvalue weighted by atomic mass is 9.98. The van der Waals surface area contributed by atoms with Crippen LogP contribution in [0.25, 0.3) is 10.9 Å². The number of aromatic nitrogens is 1. The first-order valence-electron chi connectivity index (χ1n) is 7.61. The molecule has 0 radical (unpaired) electrons. The van der Waals surface area contributed by atoms with Crippen LogP contribution in [0.5, 0.6) is 5.75 Å². The molecule has 0 unspecified atom stereocenters. The number of nitrogens with zero attached hydrogens (tertiary/aromatic N) is 1. The zero-order chi connectivity index (χ0) is 14.9. The van der Waals surface area contributed by atoms with Crippen molar-refractivity contribution in [3.05, 3.63) is 65.4 Å². The standard InChI is InChI=1S/C19H18N2O/c1-22-14-8-6-13(7-9-14)12-18-19-16(10-11-20-18)15-4-2-3-5-17(15)21-19/h2-9,21H,10-12H2,1H3. The van der Waals surface area contributed by atoms with E-state index in [4.69, 9.17) is 9.73 Å². The Bertz CT molecular complexity index is 844. The number of hydrogen-bond acceptors (Lipinski definition) is 2. The number of aromatic amines is 1. The predicted octanol–water partition coefficient (Wildman–Crippen LogP) is 3.76. The van der Waals surface area contributed by atoms with Crippen LogP contribution in [0.2, 0.25) is 0 Å². The second kappa shape index (κ2) is 5.34. The van der Waals surface area contributed by atoms with Crippen LogP contribution in [0.1, 0.15) is 16.8 Å². The number of rotatable bonds is 3. The normalized spacial score (nSPS) is 13.8. The molecule has 0 aliphatic carbocycles. The van der Waals surface area contributed by atoms with Crippen molar-refractivity contribution in [2.45, 2.75) is 12.8 Å². The summed E-state index contributed by atoms with van der Waals surface area (Å²) in [6.07, 6.45) is 1.87. The molecule has 4 rings (SSSR count). The van der Waals surface area contributed by atoms with E-state index in [-0.39, 0.29) is 0 Å². The lowest BCUT2D eigenvalue weighted by Gasteiger charge is -2.13. The molecule has 2 aromatic carbocycles. The topological polar surface area (TPSA) is 37.4 Å². The molecule has 1 aliphatic heterocycles. The third-order valence-corrected chi connectivity index (χ3v) is 4.30. The minimum Gasteiger partial charge on any atom is -0.497 e. The van der Waals surface area contributed by atoms with Gasteiger partial charge in [0.1, 0.15) is 5.75 Å². The molecule has 3 heteroatoms. The molecule has 1 N–H and O–H groups in total. The minimum absolute atomic E-state index is 0.851. The van der Waals surface area contributed by atoms with E-state index >= 15 is 0 Å². The molecular weight excluding hydrogens is 272 g/mol. The van der Waals surface area contributed by atoms with Gasteiger partial charge in [-0.2, -0.15) is 0 Å². The van der Waals surface area contributed by atoms with E-state index < -0.39 is 0 Å². The molecule has 0 spiro atoms. The monoisotopic (exact) mass is 290 g/mol. The average Bonchev–Trinajstić information content (AvgIpc) is 2.95. The summed E-state index contributed by atoms with van der Waals surface area (Å²) < 4.78 is 5.22. The van der Waals surface area contributed by atoms with Crippen molar-refractivity contribution in [3.8, 4) is 5.75 Å². The number of nitrogens with one attached hydrogen (secondary N) is 1. The fraction of sp³-hybridized carbons (Fsp3) is 0.211. The first-order valence-corrected chi connectivity index (χ1v) is 7.61. The number of aliphatic imine (C=N–C) groups is 1. The second-order valence-corrected chi connectivity index (χ2v) is 5.63. The predicted molar refractivity (Wildman–Crippen MR) is 90.1 cm³/mol. The Labute approximate surface area is 129 Å². The number of methoxy groups -OCH3 is 1. The Morgan fingerprint density at radius 1 is 1.09 bits per heavy atom. The zero-order valence-electron chi connectivity index (χ0n) is 12.6.